The SMILES string of the molecule is CCCCCCCCCCC(CCCCCCCC)OC(=O)CCCCCCCN(CCCCCC(=O)OCC(C)CCCCCCC)CCN(CC)CC. The van der Waals surface area contributed by atoms with Crippen molar-refractivity contribution >= 4 is 11.9 Å². The van der Waals surface area contributed by atoms with E-state index in [1.165, 1.54) is 141 Å². The highest BCUT2D eigenvalue weighted by Gasteiger charge is 2.15. The summed E-state index contributed by atoms with van der Waals surface area (Å²) in [5.41, 5.74) is 0. The van der Waals surface area contributed by atoms with Gasteiger partial charge in [-0.2, -0.15) is 0 Å². The van der Waals surface area contributed by atoms with Crippen LogP contribution in [-0.4, -0.2) is 73.7 Å². The van der Waals surface area contributed by atoms with E-state index in [0.717, 1.165) is 90.6 Å². The molecule has 0 aliphatic rings. The predicted octanol–water partition coefficient (Wildman–Crippen LogP) is 14.3. The first-order valence-corrected chi connectivity index (χ1v) is 24.7. The van der Waals surface area contributed by atoms with Gasteiger partial charge in [-0.15, -0.1) is 0 Å². The van der Waals surface area contributed by atoms with Crippen LogP contribution in [0.15, 0.2) is 0 Å². The van der Waals surface area contributed by atoms with Crippen LogP contribution in [0.2, 0.25) is 0 Å². The lowest BCUT2D eigenvalue weighted by atomic mass is 10.0. The zero-order valence-corrected chi connectivity index (χ0v) is 38.3. The van der Waals surface area contributed by atoms with Crippen molar-refractivity contribution in [2.45, 2.75) is 253 Å². The topological polar surface area (TPSA) is 59.1 Å². The lowest BCUT2D eigenvalue weighted by Crippen LogP contribution is -2.36. The first kappa shape index (κ1) is 53.9. The summed E-state index contributed by atoms with van der Waals surface area (Å²) in [6.45, 7) is 20.8. The summed E-state index contributed by atoms with van der Waals surface area (Å²) >= 11 is 0. The van der Waals surface area contributed by atoms with Gasteiger partial charge in [-0.05, 0) is 89.9 Å². The predicted molar refractivity (Wildman–Crippen MR) is 239 cm³/mol. The van der Waals surface area contributed by atoms with E-state index in [2.05, 4.69) is 51.3 Å². The number of hydrogen-bond donors (Lipinski definition) is 0. The minimum atomic E-state index is -0.0173. The first-order chi connectivity index (χ1) is 26.9. The van der Waals surface area contributed by atoms with Gasteiger partial charge in [-0.3, -0.25) is 9.59 Å². The molecule has 0 N–H and O–H groups in total. The number of esters is 2. The third-order valence-electron chi connectivity index (χ3n) is 11.7. The molecule has 0 radical (unpaired) electrons. The number of unbranched alkanes of at least 4 members (excludes halogenated alkanes) is 22. The maximum Gasteiger partial charge on any atom is 0.306 e. The van der Waals surface area contributed by atoms with Gasteiger partial charge in [-0.25, -0.2) is 0 Å². The van der Waals surface area contributed by atoms with E-state index in [1.807, 2.05) is 0 Å². The van der Waals surface area contributed by atoms with Gasteiger partial charge < -0.3 is 19.3 Å². The minimum absolute atomic E-state index is 0.0173. The van der Waals surface area contributed by atoms with Crippen molar-refractivity contribution in [3.8, 4) is 0 Å². The molecule has 0 rings (SSSR count). The molecule has 0 saturated heterocycles. The van der Waals surface area contributed by atoms with Crippen molar-refractivity contribution in [2.24, 2.45) is 5.92 Å². The van der Waals surface area contributed by atoms with Crippen LogP contribution in [0, 0.1) is 5.92 Å². The molecule has 2 atom stereocenters. The lowest BCUT2D eigenvalue weighted by molar-refractivity contribution is -0.150. The molecular formula is C49H98N2O4. The smallest absolute Gasteiger partial charge is 0.306 e. The zero-order chi connectivity index (χ0) is 40.5. The van der Waals surface area contributed by atoms with Gasteiger partial charge >= 0.3 is 11.9 Å². The highest BCUT2D eigenvalue weighted by atomic mass is 16.5. The number of nitrogens with zero attached hydrogens (tertiary/aromatic N) is 2. The second kappa shape index (κ2) is 42.5. The highest BCUT2D eigenvalue weighted by molar-refractivity contribution is 5.69. The normalized spacial score (nSPS) is 12.8. The third-order valence-corrected chi connectivity index (χ3v) is 11.7. The van der Waals surface area contributed by atoms with Crippen LogP contribution in [0.3, 0.4) is 0 Å². The van der Waals surface area contributed by atoms with Gasteiger partial charge in [0.25, 0.3) is 0 Å². The maximum atomic E-state index is 12.9. The standard InChI is InChI=1S/C49H98N2O4/c1-7-12-15-18-20-21-25-31-38-47(37-30-24-19-16-13-8-2)55-49(53)40-32-26-22-27-34-41-51(44-43-50(10-4)11-5)42-35-28-33-39-48(52)54-45-46(6)36-29-23-17-14-9-3/h46-47H,7-45H2,1-6H3. The van der Waals surface area contributed by atoms with E-state index < -0.39 is 0 Å². The van der Waals surface area contributed by atoms with Crippen LogP contribution < -0.4 is 0 Å². The Morgan fingerprint density at radius 2 is 0.800 bits per heavy atom. The monoisotopic (exact) mass is 779 g/mol. The van der Waals surface area contributed by atoms with Crippen LogP contribution in [-0.2, 0) is 19.1 Å². The number of carbonyl (C=O) groups excluding carboxylic acids is 2. The summed E-state index contributed by atoms with van der Waals surface area (Å²) in [6.07, 6.45) is 38.2. The Bertz CT molecular complexity index is 804. The molecule has 6 heteroatoms. The van der Waals surface area contributed by atoms with Crippen LogP contribution in [0.1, 0.15) is 247 Å². The van der Waals surface area contributed by atoms with Gasteiger partial charge in [0.05, 0.1) is 6.61 Å². The summed E-state index contributed by atoms with van der Waals surface area (Å²) in [5, 5.41) is 0. The van der Waals surface area contributed by atoms with Crippen LogP contribution in [0.25, 0.3) is 0 Å². The molecule has 6 nitrogen and oxygen atoms in total. The molecule has 0 fully saturated rings. The van der Waals surface area contributed by atoms with E-state index in [4.69, 9.17) is 9.47 Å². The average Bonchev–Trinajstić information content (AvgIpc) is 3.18. The van der Waals surface area contributed by atoms with E-state index in [9.17, 15) is 9.59 Å². The molecule has 0 aliphatic carbocycles. The van der Waals surface area contributed by atoms with Crippen molar-refractivity contribution < 1.29 is 19.1 Å². The number of carbonyl (C=O) groups is 2. The molecule has 0 aromatic carbocycles. The summed E-state index contributed by atoms with van der Waals surface area (Å²) in [5.74, 6) is 0.485. The van der Waals surface area contributed by atoms with Crippen molar-refractivity contribution in [2.75, 3.05) is 45.9 Å². The van der Waals surface area contributed by atoms with Crippen molar-refractivity contribution in [3.63, 3.8) is 0 Å². The molecule has 0 aliphatic heterocycles. The largest absolute Gasteiger partial charge is 0.465 e. The Kier molecular flexibility index (Phi) is 41.6. The molecular weight excluding hydrogens is 681 g/mol. The molecule has 0 saturated carbocycles. The summed E-state index contributed by atoms with van der Waals surface area (Å²) in [4.78, 5) is 30.4. The Balaban J connectivity index is 4.39. The summed E-state index contributed by atoms with van der Waals surface area (Å²) < 4.78 is 11.7. The minimum Gasteiger partial charge on any atom is -0.465 e. The van der Waals surface area contributed by atoms with Crippen LogP contribution >= 0.6 is 0 Å². The fraction of sp³-hybridized carbons (Fsp3) is 0.959. The molecule has 0 heterocycles. The van der Waals surface area contributed by atoms with Crippen LogP contribution in [0.5, 0.6) is 0 Å². The molecule has 0 aromatic heterocycles. The Labute approximate surface area is 344 Å². The zero-order valence-electron chi connectivity index (χ0n) is 38.3. The van der Waals surface area contributed by atoms with E-state index in [1.54, 1.807) is 0 Å². The van der Waals surface area contributed by atoms with Crippen molar-refractivity contribution in [1.82, 2.24) is 9.80 Å². The van der Waals surface area contributed by atoms with E-state index in [0.29, 0.717) is 25.4 Å². The Hall–Kier alpha value is -1.14. The molecule has 2 unspecified atom stereocenters. The van der Waals surface area contributed by atoms with Gasteiger partial charge in [0.15, 0.2) is 0 Å². The number of likely N-dealkylation sites (N-methyl/N-ethyl adjacent to an activating group) is 1. The summed E-state index contributed by atoms with van der Waals surface area (Å²) in [6, 6.07) is 0. The fourth-order valence-corrected chi connectivity index (χ4v) is 7.73. The van der Waals surface area contributed by atoms with Crippen molar-refractivity contribution in [1.29, 1.82) is 0 Å². The van der Waals surface area contributed by atoms with Gasteiger partial charge in [0.2, 0.25) is 0 Å². The molecule has 328 valence electrons. The fourth-order valence-electron chi connectivity index (χ4n) is 7.73. The van der Waals surface area contributed by atoms with E-state index >= 15 is 0 Å². The second-order valence-electron chi connectivity index (χ2n) is 17.1. The van der Waals surface area contributed by atoms with Gasteiger partial charge in [0, 0.05) is 25.9 Å². The molecule has 0 aromatic rings. The third kappa shape index (κ3) is 38.2. The highest BCUT2D eigenvalue weighted by Crippen LogP contribution is 2.19. The van der Waals surface area contributed by atoms with Gasteiger partial charge in [-0.1, -0.05) is 176 Å². The number of hydrogen-bond acceptors (Lipinski definition) is 6. The van der Waals surface area contributed by atoms with Gasteiger partial charge in [0.1, 0.15) is 6.10 Å². The average molecular weight is 779 g/mol. The van der Waals surface area contributed by atoms with E-state index in [-0.39, 0.29) is 18.0 Å². The quantitative estimate of drug-likeness (QED) is 0.0453. The second-order valence-corrected chi connectivity index (χ2v) is 17.1. The van der Waals surface area contributed by atoms with Crippen molar-refractivity contribution in [3.05, 3.63) is 0 Å². The lowest BCUT2D eigenvalue weighted by Gasteiger charge is -2.26. The molecule has 0 bridgehead atoms. The molecule has 0 spiro atoms. The molecule has 55 heavy (non-hydrogen) atoms. The number of ether oxygens (including phenoxy) is 2. The van der Waals surface area contributed by atoms with Crippen LogP contribution in [0.4, 0.5) is 0 Å². The first-order valence-electron chi connectivity index (χ1n) is 24.7. The summed E-state index contributed by atoms with van der Waals surface area (Å²) in [7, 11) is 0. The maximum absolute atomic E-state index is 12.9. The molecule has 0 amide bonds. The Morgan fingerprint density at radius 3 is 1.29 bits per heavy atom. The number of rotatable bonds is 44. The Morgan fingerprint density at radius 1 is 0.418 bits per heavy atom.